The third-order valence-electron chi connectivity index (χ3n) is 2.98. The molecule has 1 N–H and O–H groups in total. The second-order valence-electron chi connectivity index (χ2n) is 4.26. The second-order valence-corrected chi connectivity index (χ2v) is 4.26. The zero-order valence-corrected chi connectivity index (χ0v) is 11.4. The van der Waals surface area contributed by atoms with Crippen molar-refractivity contribution in [1.82, 2.24) is 10.3 Å². The molecular formula is C15H16F2N2O. The molecule has 106 valence electrons. The minimum Gasteiger partial charge on any atom is -0.481 e. The lowest BCUT2D eigenvalue weighted by Gasteiger charge is -2.21. The van der Waals surface area contributed by atoms with E-state index < -0.39 is 17.7 Å². The number of benzene rings is 1. The van der Waals surface area contributed by atoms with E-state index in [1.807, 2.05) is 6.92 Å². The van der Waals surface area contributed by atoms with Crippen molar-refractivity contribution >= 4 is 0 Å². The Hall–Kier alpha value is -2.01. The SMILES string of the molecule is CCNC(c1cc(F)ccc1F)c1cccnc1OC. The third-order valence-corrected chi connectivity index (χ3v) is 2.98. The first-order valence-electron chi connectivity index (χ1n) is 6.34. The van der Waals surface area contributed by atoms with Crippen molar-refractivity contribution in [2.45, 2.75) is 13.0 Å². The number of ether oxygens (including phenoxy) is 1. The first kappa shape index (κ1) is 14.4. The maximum absolute atomic E-state index is 14.0. The van der Waals surface area contributed by atoms with Gasteiger partial charge in [-0.05, 0) is 30.8 Å². The van der Waals surface area contributed by atoms with Crippen molar-refractivity contribution in [2.75, 3.05) is 13.7 Å². The Morgan fingerprint density at radius 2 is 2.05 bits per heavy atom. The minimum absolute atomic E-state index is 0.234. The average Bonchev–Trinajstić information content (AvgIpc) is 2.47. The number of methoxy groups -OCH3 is 1. The van der Waals surface area contributed by atoms with Gasteiger partial charge in [0, 0.05) is 17.3 Å². The van der Waals surface area contributed by atoms with Crippen LogP contribution in [0.3, 0.4) is 0 Å². The minimum atomic E-state index is -0.514. The quantitative estimate of drug-likeness (QED) is 0.912. The number of aromatic nitrogens is 1. The standard InChI is InChI=1S/C15H16F2N2O/c1-3-18-14(11-5-4-8-19-15(11)20-2)12-9-10(16)6-7-13(12)17/h4-9,14,18H,3H2,1-2H3. The van der Waals surface area contributed by atoms with Crippen LogP contribution in [0.4, 0.5) is 8.78 Å². The monoisotopic (exact) mass is 278 g/mol. The van der Waals surface area contributed by atoms with Gasteiger partial charge in [-0.2, -0.15) is 0 Å². The lowest BCUT2D eigenvalue weighted by molar-refractivity contribution is 0.386. The van der Waals surface area contributed by atoms with Gasteiger partial charge in [-0.15, -0.1) is 0 Å². The van der Waals surface area contributed by atoms with Crippen LogP contribution in [0.1, 0.15) is 24.1 Å². The van der Waals surface area contributed by atoms with Gasteiger partial charge < -0.3 is 10.1 Å². The van der Waals surface area contributed by atoms with E-state index in [2.05, 4.69) is 10.3 Å². The Morgan fingerprint density at radius 3 is 2.75 bits per heavy atom. The molecule has 1 heterocycles. The Kier molecular flexibility index (Phi) is 4.63. The molecule has 0 amide bonds. The second kappa shape index (κ2) is 6.43. The maximum Gasteiger partial charge on any atom is 0.218 e. The van der Waals surface area contributed by atoms with Crippen molar-refractivity contribution in [3.63, 3.8) is 0 Å². The summed E-state index contributed by atoms with van der Waals surface area (Å²) < 4.78 is 32.6. The molecule has 20 heavy (non-hydrogen) atoms. The molecule has 0 aliphatic carbocycles. The molecule has 0 bridgehead atoms. The Labute approximate surface area is 116 Å². The molecule has 1 aromatic heterocycles. The molecule has 0 radical (unpaired) electrons. The molecule has 2 rings (SSSR count). The lowest BCUT2D eigenvalue weighted by Crippen LogP contribution is -2.24. The molecular weight excluding hydrogens is 262 g/mol. The molecule has 2 aromatic rings. The topological polar surface area (TPSA) is 34.2 Å². The van der Waals surface area contributed by atoms with Crippen molar-refractivity contribution in [3.8, 4) is 5.88 Å². The fraction of sp³-hybridized carbons (Fsp3) is 0.267. The number of pyridine rings is 1. The van der Waals surface area contributed by atoms with E-state index in [0.717, 1.165) is 12.1 Å². The van der Waals surface area contributed by atoms with Crippen LogP contribution in [-0.2, 0) is 0 Å². The summed E-state index contributed by atoms with van der Waals surface area (Å²) in [5, 5.41) is 3.13. The summed E-state index contributed by atoms with van der Waals surface area (Å²) in [5.41, 5.74) is 0.902. The molecule has 0 saturated carbocycles. The Morgan fingerprint density at radius 1 is 1.25 bits per heavy atom. The van der Waals surface area contributed by atoms with Crippen LogP contribution < -0.4 is 10.1 Å². The Balaban J connectivity index is 2.53. The van der Waals surface area contributed by atoms with Gasteiger partial charge in [-0.25, -0.2) is 13.8 Å². The van der Waals surface area contributed by atoms with E-state index in [1.54, 1.807) is 18.3 Å². The van der Waals surface area contributed by atoms with E-state index >= 15 is 0 Å². The van der Waals surface area contributed by atoms with Gasteiger partial charge in [-0.1, -0.05) is 13.0 Å². The van der Waals surface area contributed by atoms with Crippen LogP contribution in [0.15, 0.2) is 36.5 Å². The molecule has 0 aliphatic rings. The van der Waals surface area contributed by atoms with Crippen molar-refractivity contribution in [1.29, 1.82) is 0 Å². The van der Waals surface area contributed by atoms with Gasteiger partial charge in [0.1, 0.15) is 11.6 Å². The van der Waals surface area contributed by atoms with Crippen molar-refractivity contribution in [3.05, 3.63) is 59.3 Å². The van der Waals surface area contributed by atoms with Crippen LogP contribution in [0.25, 0.3) is 0 Å². The number of halogens is 2. The fourth-order valence-electron chi connectivity index (χ4n) is 2.12. The predicted molar refractivity (Wildman–Crippen MR) is 72.7 cm³/mol. The van der Waals surface area contributed by atoms with Gasteiger partial charge >= 0.3 is 0 Å². The predicted octanol–water partition coefficient (Wildman–Crippen LogP) is 3.07. The third kappa shape index (κ3) is 2.93. The number of hydrogen-bond acceptors (Lipinski definition) is 3. The van der Waals surface area contributed by atoms with Gasteiger partial charge in [0.15, 0.2) is 0 Å². The van der Waals surface area contributed by atoms with Gasteiger partial charge in [0.05, 0.1) is 13.2 Å². The molecule has 1 unspecified atom stereocenters. The highest BCUT2D eigenvalue weighted by Gasteiger charge is 2.21. The highest BCUT2D eigenvalue weighted by Crippen LogP contribution is 2.30. The summed E-state index contributed by atoms with van der Waals surface area (Å²) in [5.74, 6) is -0.558. The lowest BCUT2D eigenvalue weighted by atomic mass is 9.99. The zero-order chi connectivity index (χ0) is 14.5. The van der Waals surface area contributed by atoms with Gasteiger partial charge in [0.25, 0.3) is 0 Å². The van der Waals surface area contributed by atoms with Crippen LogP contribution in [0.5, 0.6) is 5.88 Å². The molecule has 0 saturated heterocycles. The van der Waals surface area contributed by atoms with Crippen LogP contribution in [-0.4, -0.2) is 18.6 Å². The number of nitrogens with one attached hydrogen (secondary N) is 1. The van der Waals surface area contributed by atoms with Crippen LogP contribution in [0.2, 0.25) is 0 Å². The molecule has 0 spiro atoms. The summed E-state index contributed by atoms with van der Waals surface area (Å²) in [6.07, 6.45) is 1.59. The van der Waals surface area contributed by atoms with Crippen LogP contribution >= 0.6 is 0 Å². The van der Waals surface area contributed by atoms with Crippen LogP contribution in [0, 0.1) is 11.6 Å². The molecule has 3 nitrogen and oxygen atoms in total. The van der Waals surface area contributed by atoms with E-state index in [4.69, 9.17) is 4.74 Å². The highest BCUT2D eigenvalue weighted by molar-refractivity contribution is 5.38. The van der Waals surface area contributed by atoms with E-state index in [-0.39, 0.29) is 5.56 Å². The van der Waals surface area contributed by atoms with E-state index in [0.29, 0.717) is 18.0 Å². The summed E-state index contributed by atoms with van der Waals surface area (Å²) in [7, 11) is 1.50. The number of hydrogen-bond donors (Lipinski definition) is 1. The average molecular weight is 278 g/mol. The van der Waals surface area contributed by atoms with E-state index in [1.165, 1.54) is 13.2 Å². The van der Waals surface area contributed by atoms with E-state index in [9.17, 15) is 8.78 Å². The smallest absolute Gasteiger partial charge is 0.218 e. The largest absolute Gasteiger partial charge is 0.481 e. The zero-order valence-electron chi connectivity index (χ0n) is 11.4. The maximum atomic E-state index is 14.0. The Bertz CT molecular complexity index is 590. The highest BCUT2D eigenvalue weighted by atomic mass is 19.1. The number of nitrogens with zero attached hydrogens (tertiary/aromatic N) is 1. The summed E-state index contributed by atoms with van der Waals surface area (Å²) in [6.45, 7) is 2.49. The molecule has 0 aliphatic heterocycles. The van der Waals surface area contributed by atoms with Gasteiger partial charge in [-0.3, -0.25) is 0 Å². The van der Waals surface area contributed by atoms with Crippen molar-refractivity contribution < 1.29 is 13.5 Å². The first-order valence-corrected chi connectivity index (χ1v) is 6.34. The summed E-state index contributed by atoms with van der Waals surface area (Å²) in [6, 6.07) is 6.41. The first-order chi connectivity index (χ1) is 9.67. The van der Waals surface area contributed by atoms with Gasteiger partial charge in [0.2, 0.25) is 5.88 Å². The molecule has 1 aromatic carbocycles. The molecule has 1 atom stereocenters. The summed E-state index contributed by atoms with van der Waals surface area (Å²) in [4.78, 5) is 4.10. The summed E-state index contributed by atoms with van der Waals surface area (Å²) >= 11 is 0. The molecule has 0 fully saturated rings. The normalized spacial score (nSPS) is 12.2. The number of rotatable bonds is 5. The fourth-order valence-corrected chi connectivity index (χ4v) is 2.12. The van der Waals surface area contributed by atoms with Crippen molar-refractivity contribution in [2.24, 2.45) is 0 Å². The molecule has 5 heteroatoms.